The van der Waals surface area contributed by atoms with Crippen molar-refractivity contribution in [3.05, 3.63) is 52.5 Å². The van der Waals surface area contributed by atoms with Gasteiger partial charge in [0.25, 0.3) is 0 Å². The standard InChI is InChI=1S/C13H14FNO2S2/c1-15(9-8-12-3-2-10-18-12)19(16,17)13-6-4-11(14)5-7-13/h2-7,10H,8-9H2,1H3. The molecule has 3 nitrogen and oxygen atoms in total. The molecule has 1 aromatic carbocycles. The minimum atomic E-state index is -3.54. The lowest BCUT2D eigenvalue weighted by Gasteiger charge is -2.16. The summed E-state index contributed by atoms with van der Waals surface area (Å²) in [6.45, 7) is 0.403. The van der Waals surface area contributed by atoms with Gasteiger partial charge in [0, 0.05) is 18.5 Å². The summed E-state index contributed by atoms with van der Waals surface area (Å²) >= 11 is 1.60. The van der Waals surface area contributed by atoms with E-state index in [1.165, 1.54) is 23.5 Å². The van der Waals surface area contributed by atoms with Crippen LogP contribution in [0.2, 0.25) is 0 Å². The topological polar surface area (TPSA) is 37.4 Å². The van der Waals surface area contributed by atoms with Gasteiger partial charge in [0.2, 0.25) is 10.0 Å². The Labute approximate surface area is 116 Å². The van der Waals surface area contributed by atoms with E-state index in [4.69, 9.17) is 0 Å². The zero-order valence-corrected chi connectivity index (χ0v) is 12.0. The van der Waals surface area contributed by atoms with Crippen LogP contribution in [0.25, 0.3) is 0 Å². The second-order valence-corrected chi connectivity index (χ2v) is 7.19. The van der Waals surface area contributed by atoms with Crippen molar-refractivity contribution >= 4 is 21.4 Å². The molecule has 2 rings (SSSR count). The second kappa shape index (κ2) is 5.81. The summed E-state index contributed by atoms with van der Waals surface area (Å²) in [7, 11) is -2.00. The van der Waals surface area contributed by atoms with Crippen molar-refractivity contribution in [2.75, 3.05) is 13.6 Å². The molecule has 0 bridgehead atoms. The molecule has 0 radical (unpaired) electrons. The number of likely N-dealkylation sites (N-methyl/N-ethyl adjacent to an activating group) is 1. The van der Waals surface area contributed by atoms with Gasteiger partial charge in [-0.1, -0.05) is 6.07 Å². The maximum Gasteiger partial charge on any atom is 0.242 e. The number of thiophene rings is 1. The molecule has 1 aromatic heterocycles. The van der Waals surface area contributed by atoms with Gasteiger partial charge in [-0.2, -0.15) is 0 Å². The third-order valence-electron chi connectivity index (χ3n) is 2.78. The third-order valence-corrected chi connectivity index (χ3v) is 5.58. The molecule has 0 spiro atoms. The fraction of sp³-hybridized carbons (Fsp3) is 0.231. The Kier molecular flexibility index (Phi) is 4.34. The summed E-state index contributed by atoms with van der Waals surface area (Å²) in [5, 5.41) is 1.96. The summed E-state index contributed by atoms with van der Waals surface area (Å²) in [6.07, 6.45) is 0.675. The van der Waals surface area contributed by atoms with Gasteiger partial charge >= 0.3 is 0 Å². The molecule has 0 saturated heterocycles. The lowest BCUT2D eigenvalue weighted by molar-refractivity contribution is 0.473. The lowest BCUT2D eigenvalue weighted by Crippen LogP contribution is -2.28. The first-order valence-corrected chi connectivity index (χ1v) is 8.06. The average Bonchev–Trinajstić information content (AvgIpc) is 2.89. The van der Waals surface area contributed by atoms with Gasteiger partial charge in [0.15, 0.2) is 0 Å². The lowest BCUT2D eigenvalue weighted by atomic mass is 10.3. The van der Waals surface area contributed by atoms with E-state index in [2.05, 4.69) is 0 Å². The van der Waals surface area contributed by atoms with Crippen LogP contribution >= 0.6 is 11.3 Å². The van der Waals surface area contributed by atoms with Crippen LogP contribution in [-0.2, 0) is 16.4 Å². The zero-order chi connectivity index (χ0) is 13.9. The monoisotopic (exact) mass is 299 g/mol. The van der Waals surface area contributed by atoms with Gasteiger partial charge in [0.1, 0.15) is 5.82 Å². The summed E-state index contributed by atoms with van der Waals surface area (Å²) in [5.41, 5.74) is 0. The van der Waals surface area contributed by atoms with Gasteiger partial charge in [-0.05, 0) is 42.1 Å². The van der Waals surface area contributed by atoms with Gasteiger partial charge < -0.3 is 0 Å². The van der Waals surface area contributed by atoms with Crippen molar-refractivity contribution in [2.24, 2.45) is 0 Å². The van der Waals surface area contributed by atoms with Crippen LogP contribution in [-0.4, -0.2) is 26.3 Å². The summed E-state index contributed by atoms with van der Waals surface area (Å²) in [5.74, 6) is -0.444. The maximum atomic E-state index is 12.8. The Bertz CT molecular complexity index is 621. The Morgan fingerprint density at radius 1 is 1.21 bits per heavy atom. The molecule has 102 valence electrons. The van der Waals surface area contributed by atoms with Crippen LogP contribution in [0.3, 0.4) is 0 Å². The van der Waals surface area contributed by atoms with Crippen LogP contribution in [0, 0.1) is 5.82 Å². The zero-order valence-electron chi connectivity index (χ0n) is 10.4. The molecule has 0 aliphatic rings. The maximum absolute atomic E-state index is 12.8. The van der Waals surface area contributed by atoms with E-state index in [0.717, 1.165) is 17.0 Å². The number of sulfonamides is 1. The number of hydrogen-bond acceptors (Lipinski definition) is 3. The molecule has 0 aliphatic heterocycles. The minimum absolute atomic E-state index is 0.113. The van der Waals surface area contributed by atoms with Gasteiger partial charge in [0.05, 0.1) is 4.90 Å². The number of halogens is 1. The van der Waals surface area contributed by atoms with Crippen LogP contribution in [0.1, 0.15) is 4.88 Å². The Morgan fingerprint density at radius 2 is 1.89 bits per heavy atom. The number of hydrogen-bond donors (Lipinski definition) is 0. The Balaban J connectivity index is 2.08. The summed E-state index contributed by atoms with van der Waals surface area (Å²) < 4.78 is 38.5. The first-order chi connectivity index (χ1) is 9.00. The predicted molar refractivity (Wildman–Crippen MR) is 74.2 cm³/mol. The molecule has 0 atom stereocenters. The molecule has 1 heterocycles. The number of nitrogens with zero attached hydrogens (tertiary/aromatic N) is 1. The first-order valence-electron chi connectivity index (χ1n) is 5.74. The Hall–Kier alpha value is -1.24. The summed E-state index contributed by atoms with van der Waals surface area (Å²) in [6, 6.07) is 8.79. The van der Waals surface area contributed by atoms with Crippen LogP contribution < -0.4 is 0 Å². The van der Waals surface area contributed by atoms with E-state index in [1.807, 2.05) is 17.5 Å². The molecular weight excluding hydrogens is 285 g/mol. The average molecular weight is 299 g/mol. The number of rotatable bonds is 5. The number of benzene rings is 1. The molecule has 2 aromatic rings. The highest BCUT2D eigenvalue weighted by atomic mass is 32.2. The van der Waals surface area contributed by atoms with Gasteiger partial charge in [-0.3, -0.25) is 0 Å². The van der Waals surface area contributed by atoms with Crippen molar-refractivity contribution in [3.63, 3.8) is 0 Å². The van der Waals surface area contributed by atoms with E-state index < -0.39 is 15.8 Å². The van der Waals surface area contributed by atoms with Crippen LogP contribution in [0.15, 0.2) is 46.7 Å². The van der Waals surface area contributed by atoms with E-state index in [-0.39, 0.29) is 4.90 Å². The molecule has 0 unspecified atom stereocenters. The quantitative estimate of drug-likeness (QED) is 0.851. The molecule has 0 amide bonds. The molecule has 0 aliphatic carbocycles. The van der Waals surface area contributed by atoms with E-state index in [1.54, 1.807) is 11.3 Å². The van der Waals surface area contributed by atoms with Gasteiger partial charge in [-0.15, -0.1) is 11.3 Å². The second-order valence-electron chi connectivity index (χ2n) is 4.11. The molecule has 0 fully saturated rings. The molecule has 0 N–H and O–H groups in total. The fourth-order valence-corrected chi connectivity index (χ4v) is 3.50. The Morgan fingerprint density at radius 3 is 2.47 bits per heavy atom. The SMILES string of the molecule is CN(CCc1cccs1)S(=O)(=O)c1ccc(F)cc1. The van der Waals surface area contributed by atoms with Crippen LogP contribution in [0.5, 0.6) is 0 Å². The summed E-state index contributed by atoms with van der Waals surface area (Å²) in [4.78, 5) is 1.25. The van der Waals surface area contributed by atoms with E-state index in [9.17, 15) is 12.8 Å². The molecular formula is C13H14FNO2S2. The predicted octanol–water partition coefficient (Wildman–Crippen LogP) is 2.75. The normalized spacial score (nSPS) is 11.9. The first kappa shape index (κ1) is 14.2. The highest BCUT2D eigenvalue weighted by Gasteiger charge is 2.20. The molecule has 6 heteroatoms. The highest BCUT2D eigenvalue weighted by Crippen LogP contribution is 2.16. The third kappa shape index (κ3) is 3.40. The molecule has 19 heavy (non-hydrogen) atoms. The fourth-order valence-electron chi connectivity index (χ4n) is 1.63. The van der Waals surface area contributed by atoms with Crippen molar-refractivity contribution in [3.8, 4) is 0 Å². The largest absolute Gasteiger partial charge is 0.242 e. The van der Waals surface area contributed by atoms with Crippen molar-refractivity contribution in [1.82, 2.24) is 4.31 Å². The van der Waals surface area contributed by atoms with Crippen molar-refractivity contribution < 1.29 is 12.8 Å². The van der Waals surface area contributed by atoms with Crippen LogP contribution in [0.4, 0.5) is 4.39 Å². The van der Waals surface area contributed by atoms with Crippen molar-refractivity contribution in [2.45, 2.75) is 11.3 Å². The smallest absolute Gasteiger partial charge is 0.207 e. The highest BCUT2D eigenvalue weighted by molar-refractivity contribution is 7.89. The van der Waals surface area contributed by atoms with Crippen molar-refractivity contribution in [1.29, 1.82) is 0 Å². The minimum Gasteiger partial charge on any atom is -0.207 e. The van der Waals surface area contributed by atoms with E-state index >= 15 is 0 Å². The molecule has 0 saturated carbocycles. The van der Waals surface area contributed by atoms with Gasteiger partial charge in [-0.25, -0.2) is 17.1 Å². The van der Waals surface area contributed by atoms with E-state index in [0.29, 0.717) is 13.0 Å².